The van der Waals surface area contributed by atoms with Crippen molar-refractivity contribution in [3.8, 4) is 0 Å². The van der Waals surface area contributed by atoms with Crippen molar-refractivity contribution in [3.63, 3.8) is 0 Å². The van der Waals surface area contributed by atoms with Crippen LogP contribution < -0.4 is 0 Å². The van der Waals surface area contributed by atoms with Crippen molar-refractivity contribution in [2.24, 2.45) is 0 Å². The lowest BCUT2D eigenvalue weighted by Crippen LogP contribution is -2.30. The summed E-state index contributed by atoms with van der Waals surface area (Å²) in [7, 11) is 0. The fourth-order valence-corrected chi connectivity index (χ4v) is 3.53. The molecule has 17 heavy (non-hydrogen) atoms. The van der Waals surface area contributed by atoms with E-state index in [0.29, 0.717) is 6.04 Å². The number of pyridine rings is 1. The summed E-state index contributed by atoms with van der Waals surface area (Å²) in [6.45, 7) is 4.58. The average Bonchev–Trinajstić information content (AvgIpc) is 2.90. The summed E-state index contributed by atoms with van der Waals surface area (Å²) in [6.07, 6.45) is 5.82. The molecule has 0 aliphatic carbocycles. The van der Waals surface area contributed by atoms with Crippen molar-refractivity contribution in [2.75, 3.05) is 13.1 Å². The number of aromatic amines is 1. The third kappa shape index (κ3) is 1.29. The zero-order valence-corrected chi connectivity index (χ0v) is 10.2. The van der Waals surface area contributed by atoms with Crippen LogP contribution in [0.3, 0.4) is 0 Å². The van der Waals surface area contributed by atoms with E-state index in [-0.39, 0.29) is 0 Å². The molecule has 3 nitrogen and oxygen atoms in total. The van der Waals surface area contributed by atoms with Crippen LogP contribution >= 0.6 is 0 Å². The van der Waals surface area contributed by atoms with E-state index in [1.54, 1.807) is 5.56 Å². The largest absolute Gasteiger partial charge is 0.357 e. The second-order valence-corrected chi connectivity index (χ2v) is 5.33. The molecule has 2 aliphatic heterocycles. The van der Waals surface area contributed by atoms with Gasteiger partial charge in [-0.1, -0.05) is 0 Å². The van der Waals surface area contributed by atoms with E-state index in [4.69, 9.17) is 0 Å². The van der Waals surface area contributed by atoms with E-state index in [9.17, 15) is 0 Å². The Bertz CT molecular complexity index is 584. The zero-order chi connectivity index (χ0) is 11.4. The Morgan fingerprint density at radius 3 is 3.29 bits per heavy atom. The Labute approximate surface area is 101 Å². The summed E-state index contributed by atoms with van der Waals surface area (Å²) in [6, 6.07) is 2.90. The van der Waals surface area contributed by atoms with Crippen molar-refractivity contribution in [3.05, 3.63) is 29.2 Å². The Hall–Kier alpha value is -1.35. The topological polar surface area (TPSA) is 31.9 Å². The van der Waals surface area contributed by atoms with Crippen LogP contribution in [-0.4, -0.2) is 28.0 Å². The van der Waals surface area contributed by atoms with Crippen molar-refractivity contribution in [2.45, 2.75) is 32.2 Å². The third-order valence-electron chi connectivity index (χ3n) is 4.29. The van der Waals surface area contributed by atoms with Crippen LogP contribution in [0.1, 0.15) is 35.8 Å². The summed E-state index contributed by atoms with van der Waals surface area (Å²) < 4.78 is 0. The highest BCUT2D eigenvalue weighted by Crippen LogP contribution is 2.41. The predicted octanol–water partition coefficient (Wildman–Crippen LogP) is 2.56. The maximum Gasteiger partial charge on any atom is 0.0646 e. The highest BCUT2D eigenvalue weighted by Gasteiger charge is 2.33. The number of nitrogens with zero attached hydrogens (tertiary/aromatic N) is 2. The highest BCUT2D eigenvalue weighted by molar-refractivity contribution is 5.85. The maximum atomic E-state index is 4.39. The minimum absolute atomic E-state index is 0.661. The summed E-state index contributed by atoms with van der Waals surface area (Å²) in [5, 5.41) is 1.41. The summed E-state index contributed by atoms with van der Waals surface area (Å²) in [5.41, 5.74) is 5.36. The van der Waals surface area contributed by atoms with E-state index < -0.39 is 0 Å². The van der Waals surface area contributed by atoms with Crippen LogP contribution in [0.15, 0.2) is 12.3 Å². The number of aromatic nitrogens is 2. The minimum atomic E-state index is 0.661. The Balaban J connectivity index is 1.99. The molecule has 4 rings (SSSR count). The van der Waals surface area contributed by atoms with Gasteiger partial charge in [0.2, 0.25) is 0 Å². The molecule has 4 heterocycles. The van der Waals surface area contributed by atoms with Crippen LogP contribution in [0.25, 0.3) is 10.9 Å². The highest BCUT2D eigenvalue weighted by atomic mass is 15.2. The molecule has 2 aromatic rings. The Kier molecular flexibility index (Phi) is 1.89. The van der Waals surface area contributed by atoms with E-state index in [2.05, 4.69) is 27.9 Å². The minimum Gasteiger partial charge on any atom is -0.357 e. The van der Waals surface area contributed by atoms with Gasteiger partial charge in [0.15, 0.2) is 0 Å². The molecule has 0 spiro atoms. The molecule has 1 saturated heterocycles. The van der Waals surface area contributed by atoms with Gasteiger partial charge in [-0.25, -0.2) is 0 Å². The second-order valence-electron chi connectivity index (χ2n) is 5.33. The zero-order valence-electron chi connectivity index (χ0n) is 10.2. The van der Waals surface area contributed by atoms with Gasteiger partial charge in [0, 0.05) is 35.8 Å². The lowest BCUT2D eigenvalue weighted by atomic mass is 9.96. The molecule has 0 amide bonds. The van der Waals surface area contributed by atoms with Crippen LogP contribution in [0.5, 0.6) is 0 Å². The van der Waals surface area contributed by atoms with Gasteiger partial charge < -0.3 is 4.98 Å². The molecular weight excluding hydrogens is 210 g/mol. The Morgan fingerprint density at radius 1 is 1.41 bits per heavy atom. The van der Waals surface area contributed by atoms with E-state index in [1.165, 1.54) is 48.9 Å². The first-order chi connectivity index (χ1) is 8.33. The lowest BCUT2D eigenvalue weighted by molar-refractivity contribution is 0.244. The number of rotatable bonds is 0. The van der Waals surface area contributed by atoms with Gasteiger partial charge >= 0.3 is 0 Å². The molecule has 0 bridgehead atoms. The lowest BCUT2D eigenvalue weighted by Gasteiger charge is -2.29. The third-order valence-corrected chi connectivity index (χ3v) is 4.29. The molecule has 0 radical (unpaired) electrons. The van der Waals surface area contributed by atoms with Crippen LogP contribution in [0, 0.1) is 6.92 Å². The average molecular weight is 227 g/mol. The van der Waals surface area contributed by atoms with Gasteiger partial charge in [0.1, 0.15) is 0 Å². The van der Waals surface area contributed by atoms with Gasteiger partial charge in [0.05, 0.1) is 11.7 Å². The maximum absolute atomic E-state index is 4.39. The predicted molar refractivity (Wildman–Crippen MR) is 68.1 cm³/mol. The normalized spacial score (nSPS) is 23.9. The number of aryl methyl sites for hydroxylation is 1. The summed E-state index contributed by atoms with van der Waals surface area (Å²) >= 11 is 0. The van der Waals surface area contributed by atoms with Gasteiger partial charge in [-0.3, -0.25) is 9.88 Å². The molecule has 0 aromatic carbocycles. The molecule has 2 aromatic heterocycles. The van der Waals surface area contributed by atoms with Gasteiger partial charge in [-0.2, -0.15) is 0 Å². The molecule has 1 N–H and O–H groups in total. The standard InChI is InChI=1S/C14H17N3/c1-9-7-10-12(8-15-9)16-11-4-6-17-5-2-3-13(17)14(10)11/h7-8,13,16H,2-6H2,1H3. The molecular formula is C14H17N3. The molecule has 1 atom stereocenters. The SMILES string of the molecule is Cc1cc2c3c([nH]c2cn1)CCN1CCCC31. The first-order valence-electron chi connectivity index (χ1n) is 6.54. The summed E-state index contributed by atoms with van der Waals surface area (Å²) in [4.78, 5) is 10.6. The van der Waals surface area contributed by atoms with Crippen molar-refractivity contribution in [1.29, 1.82) is 0 Å². The van der Waals surface area contributed by atoms with Crippen molar-refractivity contribution >= 4 is 10.9 Å². The number of hydrogen-bond acceptors (Lipinski definition) is 2. The van der Waals surface area contributed by atoms with Gasteiger partial charge in [-0.05, 0) is 37.9 Å². The fraction of sp³-hybridized carbons (Fsp3) is 0.500. The summed E-state index contributed by atoms with van der Waals surface area (Å²) in [5.74, 6) is 0. The van der Waals surface area contributed by atoms with Crippen LogP contribution in [-0.2, 0) is 6.42 Å². The van der Waals surface area contributed by atoms with Crippen LogP contribution in [0.4, 0.5) is 0 Å². The molecule has 2 aliphatic rings. The van der Waals surface area contributed by atoms with Crippen LogP contribution in [0.2, 0.25) is 0 Å². The smallest absolute Gasteiger partial charge is 0.0646 e. The molecule has 88 valence electrons. The fourth-order valence-electron chi connectivity index (χ4n) is 3.53. The first-order valence-corrected chi connectivity index (χ1v) is 6.54. The van der Waals surface area contributed by atoms with E-state index in [1.807, 2.05) is 6.20 Å². The van der Waals surface area contributed by atoms with Gasteiger partial charge in [-0.15, -0.1) is 0 Å². The van der Waals surface area contributed by atoms with Crippen molar-refractivity contribution < 1.29 is 0 Å². The molecule has 0 saturated carbocycles. The quantitative estimate of drug-likeness (QED) is 0.750. The first kappa shape index (κ1) is 9.66. The molecule has 1 unspecified atom stereocenters. The number of fused-ring (bicyclic) bond motifs is 5. The monoisotopic (exact) mass is 227 g/mol. The van der Waals surface area contributed by atoms with E-state index in [0.717, 1.165) is 5.69 Å². The number of nitrogens with one attached hydrogen (secondary N) is 1. The molecule has 3 heteroatoms. The van der Waals surface area contributed by atoms with E-state index >= 15 is 0 Å². The molecule has 1 fully saturated rings. The van der Waals surface area contributed by atoms with Crippen molar-refractivity contribution in [1.82, 2.24) is 14.9 Å². The number of H-pyrrole nitrogens is 1. The second kappa shape index (κ2) is 3.33. The van der Waals surface area contributed by atoms with Gasteiger partial charge in [0.25, 0.3) is 0 Å². The number of hydrogen-bond donors (Lipinski definition) is 1. The Morgan fingerprint density at radius 2 is 2.35 bits per heavy atom.